The van der Waals surface area contributed by atoms with E-state index in [1.54, 1.807) is 22.9 Å². The molecule has 1 atom stereocenters. The minimum Gasteiger partial charge on any atom is -0.482 e. The van der Waals surface area contributed by atoms with E-state index in [1.807, 2.05) is 6.92 Å². The molecule has 34 heavy (non-hydrogen) atoms. The summed E-state index contributed by atoms with van der Waals surface area (Å²) in [7, 11) is -3.10. The summed E-state index contributed by atoms with van der Waals surface area (Å²) in [5.41, 5.74) is 4.57. The Bertz CT molecular complexity index is 1490. The van der Waals surface area contributed by atoms with Crippen LogP contribution in [0.5, 0.6) is 5.75 Å². The van der Waals surface area contributed by atoms with Gasteiger partial charge < -0.3 is 15.4 Å². The van der Waals surface area contributed by atoms with Gasteiger partial charge in [0.2, 0.25) is 0 Å². The maximum Gasteiger partial charge on any atom is 0.262 e. The first kappa shape index (κ1) is 21.1. The Kier molecular flexibility index (Phi) is 4.67. The minimum atomic E-state index is -3.10. The maximum absolute atomic E-state index is 13.6. The molecule has 1 fully saturated rings. The van der Waals surface area contributed by atoms with E-state index >= 15 is 0 Å². The van der Waals surface area contributed by atoms with Gasteiger partial charge in [-0.25, -0.2) is 18.1 Å². The average molecular weight is 482 g/mol. The Morgan fingerprint density at radius 3 is 2.94 bits per heavy atom. The maximum atomic E-state index is 13.6. The van der Waals surface area contributed by atoms with Gasteiger partial charge in [-0.05, 0) is 56.4 Å². The van der Waals surface area contributed by atoms with Gasteiger partial charge in [-0.1, -0.05) is 0 Å². The third-order valence-electron chi connectivity index (χ3n) is 6.69. The molecule has 6 rings (SSSR count). The first-order valence-electron chi connectivity index (χ1n) is 11.3. The van der Waals surface area contributed by atoms with Gasteiger partial charge in [0.25, 0.3) is 11.8 Å². The molecule has 0 spiro atoms. The molecule has 2 amide bonds. The van der Waals surface area contributed by atoms with Crippen molar-refractivity contribution in [2.45, 2.75) is 38.6 Å². The number of pyridine rings is 1. The van der Waals surface area contributed by atoms with E-state index in [-0.39, 0.29) is 36.0 Å². The topological polar surface area (TPSA) is 132 Å². The van der Waals surface area contributed by atoms with E-state index in [4.69, 9.17) is 9.72 Å². The lowest BCUT2D eigenvalue weighted by Crippen LogP contribution is -2.25. The van der Waals surface area contributed by atoms with Crippen LogP contribution in [0.25, 0.3) is 11.0 Å². The largest absolute Gasteiger partial charge is 0.482 e. The van der Waals surface area contributed by atoms with Crippen molar-refractivity contribution >= 4 is 44.1 Å². The number of carbonyl (C=O) groups excluding carboxylic acids is 2. The summed E-state index contributed by atoms with van der Waals surface area (Å²) < 4.78 is 31.3. The van der Waals surface area contributed by atoms with Crippen LogP contribution in [-0.2, 0) is 27.5 Å². The summed E-state index contributed by atoms with van der Waals surface area (Å²) in [5.74, 6) is 0.187. The van der Waals surface area contributed by atoms with Crippen molar-refractivity contribution in [3.8, 4) is 5.75 Å². The van der Waals surface area contributed by atoms with E-state index in [1.165, 1.54) is 0 Å². The zero-order valence-electron chi connectivity index (χ0n) is 18.6. The number of nitrogens with zero attached hydrogens (tertiary/aromatic N) is 3. The summed E-state index contributed by atoms with van der Waals surface area (Å²) in [5, 5.41) is 11.0. The van der Waals surface area contributed by atoms with Gasteiger partial charge in [0.05, 0.1) is 39.9 Å². The van der Waals surface area contributed by atoms with Crippen molar-refractivity contribution in [2.75, 3.05) is 28.7 Å². The molecule has 3 aromatic rings. The molecule has 0 radical (unpaired) electrons. The van der Waals surface area contributed by atoms with Gasteiger partial charge in [-0.2, -0.15) is 5.10 Å². The SMILES string of the molecule is Cc1nn(C2CCS(=O)(=O)C2)c2nc3c(c(C(=O)Nc4ccc5c(c4)NC(=O)CO5)c12)CCC3. The number of sulfone groups is 1. The molecule has 1 aromatic carbocycles. The molecular weight excluding hydrogens is 458 g/mol. The lowest BCUT2D eigenvalue weighted by atomic mass is 10.0. The second kappa shape index (κ2) is 7.52. The molecule has 1 saturated heterocycles. The number of rotatable bonds is 3. The molecule has 0 saturated carbocycles. The first-order chi connectivity index (χ1) is 16.3. The average Bonchev–Trinajstić information content (AvgIpc) is 3.49. The van der Waals surface area contributed by atoms with Gasteiger partial charge in [0.1, 0.15) is 5.75 Å². The highest BCUT2D eigenvalue weighted by molar-refractivity contribution is 7.91. The highest BCUT2D eigenvalue weighted by atomic mass is 32.2. The van der Waals surface area contributed by atoms with Crippen LogP contribution >= 0.6 is 0 Å². The van der Waals surface area contributed by atoms with Crippen LogP contribution in [-0.4, -0.2) is 53.1 Å². The van der Waals surface area contributed by atoms with Crippen molar-refractivity contribution in [3.63, 3.8) is 0 Å². The Hall–Kier alpha value is -3.47. The number of hydrogen-bond donors (Lipinski definition) is 2. The monoisotopic (exact) mass is 481 g/mol. The molecule has 2 aromatic heterocycles. The van der Waals surface area contributed by atoms with Gasteiger partial charge in [0, 0.05) is 11.4 Å². The van der Waals surface area contributed by atoms with Gasteiger partial charge in [-0.3, -0.25) is 9.59 Å². The second-order valence-corrected chi connectivity index (χ2v) is 11.3. The molecular formula is C23H23N5O5S. The number of carbonyl (C=O) groups is 2. The summed E-state index contributed by atoms with van der Waals surface area (Å²) in [6, 6.07) is 4.82. The van der Waals surface area contributed by atoms with Crippen molar-refractivity contribution in [3.05, 3.63) is 40.7 Å². The Morgan fingerprint density at radius 2 is 2.15 bits per heavy atom. The van der Waals surface area contributed by atoms with Gasteiger partial charge in [-0.15, -0.1) is 0 Å². The Labute approximate surface area is 195 Å². The van der Waals surface area contributed by atoms with Crippen molar-refractivity contribution in [1.82, 2.24) is 14.8 Å². The van der Waals surface area contributed by atoms with E-state index in [2.05, 4.69) is 15.7 Å². The molecule has 176 valence electrons. The van der Waals surface area contributed by atoms with E-state index < -0.39 is 9.84 Å². The summed E-state index contributed by atoms with van der Waals surface area (Å²) in [6.07, 6.45) is 2.90. The number of benzene rings is 1. The molecule has 3 aliphatic rings. The van der Waals surface area contributed by atoms with E-state index in [0.717, 1.165) is 30.5 Å². The van der Waals surface area contributed by atoms with Crippen LogP contribution in [0.4, 0.5) is 11.4 Å². The predicted molar refractivity (Wildman–Crippen MR) is 125 cm³/mol. The van der Waals surface area contributed by atoms with Crippen LogP contribution in [0, 0.1) is 6.92 Å². The highest BCUT2D eigenvalue weighted by Crippen LogP contribution is 2.36. The normalized spacial score (nSPS) is 20.5. The summed E-state index contributed by atoms with van der Waals surface area (Å²) in [4.78, 5) is 30.1. The number of nitrogens with one attached hydrogen (secondary N) is 2. The van der Waals surface area contributed by atoms with E-state index in [0.29, 0.717) is 45.8 Å². The van der Waals surface area contributed by atoms with Crippen LogP contribution in [0.2, 0.25) is 0 Å². The van der Waals surface area contributed by atoms with Crippen LogP contribution in [0.3, 0.4) is 0 Å². The highest BCUT2D eigenvalue weighted by Gasteiger charge is 2.34. The third-order valence-corrected chi connectivity index (χ3v) is 8.44. The zero-order chi connectivity index (χ0) is 23.6. The van der Waals surface area contributed by atoms with Crippen LogP contribution < -0.4 is 15.4 Å². The summed E-state index contributed by atoms with van der Waals surface area (Å²) in [6.45, 7) is 1.79. The molecule has 10 nitrogen and oxygen atoms in total. The Morgan fingerprint density at radius 1 is 1.29 bits per heavy atom. The number of anilines is 2. The fraction of sp³-hybridized carbons (Fsp3) is 0.391. The first-order valence-corrected chi connectivity index (χ1v) is 13.1. The van der Waals surface area contributed by atoms with Crippen LogP contribution in [0.15, 0.2) is 18.2 Å². The lowest BCUT2D eigenvalue weighted by molar-refractivity contribution is -0.118. The quantitative estimate of drug-likeness (QED) is 0.586. The molecule has 4 heterocycles. The smallest absolute Gasteiger partial charge is 0.262 e. The number of aryl methyl sites for hydroxylation is 2. The van der Waals surface area contributed by atoms with Crippen LogP contribution in [0.1, 0.15) is 46.2 Å². The van der Waals surface area contributed by atoms with Crippen molar-refractivity contribution in [2.24, 2.45) is 0 Å². The van der Waals surface area contributed by atoms with Gasteiger partial charge >= 0.3 is 0 Å². The number of amides is 2. The molecule has 0 bridgehead atoms. The lowest BCUT2D eigenvalue weighted by Gasteiger charge is -2.19. The number of hydrogen-bond acceptors (Lipinski definition) is 7. The molecule has 11 heteroatoms. The minimum absolute atomic E-state index is 0.0342. The molecule has 2 aliphatic heterocycles. The standard InChI is InChI=1S/C23H23N5O5S/c1-12-20-21(23(30)24-13-5-6-18-17(9-13)25-19(29)10-33-18)15-3-2-4-16(15)26-22(20)28(27-12)14-7-8-34(31,32)11-14/h5-6,9,14H,2-4,7-8,10-11H2,1H3,(H,24,30)(H,25,29). The van der Waals surface area contributed by atoms with E-state index in [9.17, 15) is 18.0 Å². The number of aromatic nitrogens is 3. The number of fused-ring (bicyclic) bond motifs is 3. The zero-order valence-corrected chi connectivity index (χ0v) is 19.4. The molecule has 1 aliphatic carbocycles. The fourth-order valence-corrected chi connectivity index (χ4v) is 6.85. The van der Waals surface area contributed by atoms with Crippen molar-refractivity contribution < 1.29 is 22.7 Å². The molecule has 2 N–H and O–H groups in total. The number of ether oxygens (including phenoxy) is 1. The second-order valence-electron chi connectivity index (χ2n) is 9.05. The summed E-state index contributed by atoms with van der Waals surface area (Å²) >= 11 is 0. The predicted octanol–water partition coefficient (Wildman–Crippen LogP) is 2.17. The Balaban J connectivity index is 1.42. The third kappa shape index (κ3) is 3.42. The molecule has 1 unspecified atom stereocenters. The van der Waals surface area contributed by atoms with Gasteiger partial charge in [0.15, 0.2) is 22.1 Å². The van der Waals surface area contributed by atoms with Crippen molar-refractivity contribution in [1.29, 1.82) is 0 Å². The fourth-order valence-electron chi connectivity index (χ4n) is 5.16.